The number of hydrogen-bond donors (Lipinski definition) is 0. The molecule has 1 aliphatic heterocycles. The standard InChI is InChI=1S/C22H24N4O/c1-15-16(2)24-21(19-9-6-7-12-23-19)25-22(15)26-13-11-17(14-26)18-8-4-5-10-20(18)27-3/h4-10,12,17H,11,13-14H2,1-3H3. The molecule has 1 fully saturated rings. The van der Waals surface area contributed by atoms with E-state index in [1.807, 2.05) is 37.3 Å². The van der Waals surface area contributed by atoms with Crippen molar-refractivity contribution in [3.8, 4) is 17.3 Å². The van der Waals surface area contributed by atoms with Crippen molar-refractivity contribution in [3.05, 3.63) is 65.5 Å². The van der Waals surface area contributed by atoms with Crippen molar-refractivity contribution in [3.63, 3.8) is 0 Å². The first-order chi connectivity index (χ1) is 13.2. The quantitative estimate of drug-likeness (QED) is 0.699. The third kappa shape index (κ3) is 3.37. The Balaban J connectivity index is 1.65. The molecule has 0 spiro atoms. The smallest absolute Gasteiger partial charge is 0.180 e. The van der Waals surface area contributed by atoms with Gasteiger partial charge in [-0.05, 0) is 44.0 Å². The molecule has 5 heteroatoms. The maximum Gasteiger partial charge on any atom is 0.180 e. The molecule has 1 aliphatic rings. The molecular weight excluding hydrogens is 336 g/mol. The minimum absolute atomic E-state index is 0.439. The highest BCUT2D eigenvalue weighted by molar-refractivity contribution is 5.58. The molecular formula is C22H24N4O. The van der Waals surface area contributed by atoms with Gasteiger partial charge in [0.1, 0.15) is 17.3 Å². The van der Waals surface area contributed by atoms with Crippen LogP contribution in [0, 0.1) is 13.8 Å². The van der Waals surface area contributed by atoms with Crippen LogP contribution in [0.5, 0.6) is 5.75 Å². The third-order valence-corrected chi connectivity index (χ3v) is 5.32. The van der Waals surface area contributed by atoms with Crippen LogP contribution in [0.1, 0.15) is 29.2 Å². The van der Waals surface area contributed by atoms with E-state index in [-0.39, 0.29) is 0 Å². The number of para-hydroxylation sites is 1. The van der Waals surface area contributed by atoms with Gasteiger partial charge in [-0.2, -0.15) is 0 Å². The first-order valence-electron chi connectivity index (χ1n) is 9.32. The number of methoxy groups -OCH3 is 1. The Morgan fingerprint density at radius 1 is 1.04 bits per heavy atom. The highest BCUT2D eigenvalue weighted by Crippen LogP contribution is 2.36. The van der Waals surface area contributed by atoms with Gasteiger partial charge >= 0.3 is 0 Å². The number of rotatable bonds is 4. The number of pyridine rings is 1. The fourth-order valence-corrected chi connectivity index (χ4v) is 3.74. The Morgan fingerprint density at radius 2 is 1.85 bits per heavy atom. The van der Waals surface area contributed by atoms with E-state index in [2.05, 4.69) is 33.9 Å². The molecule has 27 heavy (non-hydrogen) atoms. The summed E-state index contributed by atoms with van der Waals surface area (Å²) in [5.41, 5.74) is 4.22. The van der Waals surface area contributed by atoms with Gasteiger partial charge in [0.25, 0.3) is 0 Å². The van der Waals surface area contributed by atoms with Crippen LogP contribution in [0.4, 0.5) is 5.82 Å². The zero-order valence-electron chi connectivity index (χ0n) is 16.0. The van der Waals surface area contributed by atoms with Gasteiger partial charge in [0.2, 0.25) is 0 Å². The van der Waals surface area contributed by atoms with Crippen molar-refractivity contribution in [2.75, 3.05) is 25.1 Å². The lowest BCUT2D eigenvalue weighted by Gasteiger charge is -2.22. The molecule has 0 amide bonds. The fraction of sp³-hybridized carbons (Fsp3) is 0.318. The van der Waals surface area contributed by atoms with Crippen LogP contribution in [0.2, 0.25) is 0 Å². The highest BCUT2D eigenvalue weighted by atomic mass is 16.5. The summed E-state index contributed by atoms with van der Waals surface area (Å²) in [5, 5.41) is 0. The first kappa shape index (κ1) is 17.5. The summed E-state index contributed by atoms with van der Waals surface area (Å²) in [6.45, 7) is 6.05. The molecule has 0 bridgehead atoms. The molecule has 0 radical (unpaired) electrons. The number of anilines is 1. The second-order valence-electron chi connectivity index (χ2n) is 6.97. The molecule has 1 aromatic carbocycles. The van der Waals surface area contributed by atoms with E-state index in [1.54, 1.807) is 13.3 Å². The number of aromatic nitrogens is 3. The van der Waals surface area contributed by atoms with Gasteiger partial charge in [0.05, 0.1) is 7.11 Å². The van der Waals surface area contributed by atoms with Gasteiger partial charge in [0, 0.05) is 36.5 Å². The SMILES string of the molecule is COc1ccccc1C1CCN(c2nc(-c3ccccn3)nc(C)c2C)C1. The Bertz CT molecular complexity index is 942. The predicted octanol–water partition coefficient (Wildman–Crippen LogP) is 4.16. The van der Waals surface area contributed by atoms with Crippen molar-refractivity contribution in [1.82, 2.24) is 15.0 Å². The van der Waals surface area contributed by atoms with E-state index in [4.69, 9.17) is 9.72 Å². The molecule has 1 unspecified atom stereocenters. The molecule has 0 saturated carbocycles. The summed E-state index contributed by atoms with van der Waals surface area (Å²) in [5.74, 6) is 3.11. The van der Waals surface area contributed by atoms with E-state index in [1.165, 1.54) is 5.56 Å². The minimum Gasteiger partial charge on any atom is -0.496 e. The molecule has 1 atom stereocenters. The zero-order valence-corrected chi connectivity index (χ0v) is 16.0. The monoisotopic (exact) mass is 360 g/mol. The predicted molar refractivity (Wildman–Crippen MR) is 107 cm³/mol. The van der Waals surface area contributed by atoms with E-state index in [0.29, 0.717) is 11.7 Å². The van der Waals surface area contributed by atoms with Crippen LogP contribution in [-0.2, 0) is 0 Å². The first-order valence-corrected chi connectivity index (χ1v) is 9.32. The molecule has 138 valence electrons. The Morgan fingerprint density at radius 3 is 2.63 bits per heavy atom. The number of nitrogens with zero attached hydrogens (tertiary/aromatic N) is 4. The Labute approximate surface area is 160 Å². The zero-order chi connectivity index (χ0) is 18.8. The lowest BCUT2D eigenvalue weighted by atomic mass is 9.97. The summed E-state index contributed by atoms with van der Waals surface area (Å²) in [7, 11) is 1.74. The van der Waals surface area contributed by atoms with E-state index in [9.17, 15) is 0 Å². The van der Waals surface area contributed by atoms with Crippen LogP contribution in [-0.4, -0.2) is 35.2 Å². The summed E-state index contributed by atoms with van der Waals surface area (Å²) in [4.78, 5) is 16.3. The number of hydrogen-bond acceptors (Lipinski definition) is 5. The maximum atomic E-state index is 5.57. The Hall–Kier alpha value is -2.95. The molecule has 4 rings (SSSR count). The van der Waals surface area contributed by atoms with Crippen LogP contribution in [0.25, 0.3) is 11.5 Å². The minimum atomic E-state index is 0.439. The van der Waals surface area contributed by atoms with Gasteiger partial charge in [-0.3, -0.25) is 4.98 Å². The van der Waals surface area contributed by atoms with Crippen molar-refractivity contribution in [2.24, 2.45) is 0 Å². The topological polar surface area (TPSA) is 51.1 Å². The number of benzene rings is 1. The molecule has 5 nitrogen and oxygen atoms in total. The number of aryl methyl sites for hydroxylation is 1. The number of ether oxygens (including phenoxy) is 1. The van der Waals surface area contributed by atoms with E-state index < -0.39 is 0 Å². The maximum absolute atomic E-state index is 5.57. The lowest BCUT2D eigenvalue weighted by molar-refractivity contribution is 0.406. The average molecular weight is 360 g/mol. The molecule has 0 aliphatic carbocycles. The second-order valence-corrected chi connectivity index (χ2v) is 6.97. The van der Waals surface area contributed by atoms with Gasteiger partial charge in [-0.1, -0.05) is 24.3 Å². The van der Waals surface area contributed by atoms with Crippen LogP contribution >= 0.6 is 0 Å². The van der Waals surface area contributed by atoms with Gasteiger partial charge in [-0.25, -0.2) is 9.97 Å². The van der Waals surface area contributed by atoms with Gasteiger partial charge in [-0.15, -0.1) is 0 Å². The fourth-order valence-electron chi connectivity index (χ4n) is 3.74. The molecule has 3 heterocycles. The van der Waals surface area contributed by atoms with Crippen LogP contribution in [0.15, 0.2) is 48.7 Å². The van der Waals surface area contributed by atoms with Crippen molar-refractivity contribution in [2.45, 2.75) is 26.2 Å². The Kier molecular flexibility index (Phi) is 4.75. The van der Waals surface area contributed by atoms with Crippen molar-refractivity contribution < 1.29 is 4.74 Å². The lowest BCUT2D eigenvalue weighted by Crippen LogP contribution is -2.22. The summed E-state index contributed by atoms with van der Waals surface area (Å²) < 4.78 is 5.57. The average Bonchev–Trinajstić information content (AvgIpc) is 3.20. The van der Waals surface area contributed by atoms with Crippen molar-refractivity contribution in [1.29, 1.82) is 0 Å². The highest BCUT2D eigenvalue weighted by Gasteiger charge is 2.28. The van der Waals surface area contributed by atoms with Crippen LogP contribution in [0.3, 0.4) is 0 Å². The van der Waals surface area contributed by atoms with Gasteiger partial charge < -0.3 is 9.64 Å². The summed E-state index contributed by atoms with van der Waals surface area (Å²) >= 11 is 0. The van der Waals surface area contributed by atoms with E-state index in [0.717, 1.165) is 48.0 Å². The van der Waals surface area contributed by atoms with Crippen molar-refractivity contribution >= 4 is 5.82 Å². The van der Waals surface area contributed by atoms with Crippen LogP contribution < -0.4 is 9.64 Å². The van der Waals surface area contributed by atoms with E-state index >= 15 is 0 Å². The third-order valence-electron chi connectivity index (χ3n) is 5.32. The normalized spacial score (nSPS) is 16.6. The molecule has 0 N–H and O–H groups in total. The molecule has 3 aromatic rings. The van der Waals surface area contributed by atoms with Gasteiger partial charge in [0.15, 0.2) is 5.82 Å². The summed E-state index contributed by atoms with van der Waals surface area (Å²) in [6, 6.07) is 14.1. The largest absolute Gasteiger partial charge is 0.496 e. The second kappa shape index (κ2) is 7.35. The summed E-state index contributed by atoms with van der Waals surface area (Å²) in [6.07, 6.45) is 2.86. The molecule has 2 aromatic heterocycles. The molecule has 1 saturated heterocycles.